The van der Waals surface area contributed by atoms with Gasteiger partial charge in [-0.1, -0.05) is 30.3 Å². The van der Waals surface area contributed by atoms with Gasteiger partial charge >= 0.3 is 0 Å². The van der Waals surface area contributed by atoms with Crippen LogP contribution >= 0.6 is 11.3 Å². The number of ether oxygens (including phenoxy) is 2. The second-order valence-electron chi connectivity index (χ2n) is 6.95. The van der Waals surface area contributed by atoms with Gasteiger partial charge in [-0.3, -0.25) is 9.69 Å². The van der Waals surface area contributed by atoms with E-state index in [0.717, 1.165) is 18.7 Å². The molecule has 0 aliphatic carbocycles. The fraction of sp³-hybridized carbons (Fsp3) is 0.227. The first-order valence-corrected chi connectivity index (χ1v) is 10.2. The molecule has 0 radical (unpaired) electrons. The van der Waals surface area contributed by atoms with E-state index in [0.29, 0.717) is 18.0 Å². The van der Waals surface area contributed by atoms with E-state index in [1.54, 1.807) is 11.3 Å². The number of nitrogens with zero attached hydrogens (tertiary/aromatic N) is 1. The molecule has 0 fully saturated rings. The summed E-state index contributed by atoms with van der Waals surface area (Å²) < 4.78 is 10.7. The van der Waals surface area contributed by atoms with Crippen LogP contribution in [-0.4, -0.2) is 30.7 Å². The minimum atomic E-state index is -0.0292. The van der Waals surface area contributed by atoms with Crippen LogP contribution < -0.4 is 14.8 Å². The van der Waals surface area contributed by atoms with E-state index in [4.69, 9.17) is 9.47 Å². The first-order chi connectivity index (χ1) is 13.8. The molecule has 5 nitrogen and oxygen atoms in total. The zero-order chi connectivity index (χ0) is 18.9. The van der Waals surface area contributed by atoms with Gasteiger partial charge in [0, 0.05) is 23.2 Å². The number of hydrogen-bond acceptors (Lipinski definition) is 5. The molecule has 0 saturated carbocycles. The van der Waals surface area contributed by atoms with Gasteiger partial charge in [0.15, 0.2) is 11.5 Å². The molecule has 0 unspecified atom stereocenters. The van der Waals surface area contributed by atoms with Crippen molar-refractivity contribution in [1.29, 1.82) is 0 Å². The molecule has 3 heterocycles. The van der Waals surface area contributed by atoms with Crippen molar-refractivity contribution in [3.8, 4) is 11.5 Å². The summed E-state index contributed by atoms with van der Waals surface area (Å²) >= 11 is 1.81. The van der Waals surface area contributed by atoms with Gasteiger partial charge in [-0.05, 0) is 41.1 Å². The Hall–Kier alpha value is -2.83. The first-order valence-electron chi connectivity index (χ1n) is 9.33. The molecule has 2 aliphatic heterocycles. The van der Waals surface area contributed by atoms with Gasteiger partial charge in [-0.15, -0.1) is 11.3 Å². The lowest BCUT2D eigenvalue weighted by Gasteiger charge is -2.35. The molecule has 142 valence electrons. The summed E-state index contributed by atoms with van der Waals surface area (Å²) in [6, 6.07) is 18.2. The molecule has 2 aliphatic rings. The second kappa shape index (κ2) is 7.30. The number of nitrogens with one attached hydrogen (secondary N) is 1. The van der Waals surface area contributed by atoms with Crippen molar-refractivity contribution in [2.75, 3.05) is 25.2 Å². The highest BCUT2D eigenvalue weighted by Gasteiger charge is 2.30. The number of carbonyl (C=O) groups excluding carboxylic acids is 1. The lowest BCUT2D eigenvalue weighted by Crippen LogP contribution is -2.40. The van der Waals surface area contributed by atoms with Crippen LogP contribution in [-0.2, 0) is 11.2 Å². The highest BCUT2D eigenvalue weighted by atomic mass is 32.1. The summed E-state index contributed by atoms with van der Waals surface area (Å²) in [7, 11) is 0. The summed E-state index contributed by atoms with van der Waals surface area (Å²) in [5.41, 5.74) is 3.26. The number of rotatable bonds is 4. The molecule has 1 N–H and O–H groups in total. The van der Waals surface area contributed by atoms with Crippen molar-refractivity contribution in [2.24, 2.45) is 0 Å². The minimum absolute atomic E-state index is 0.0292. The van der Waals surface area contributed by atoms with Crippen LogP contribution in [0.15, 0.2) is 60.0 Å². The molecule has 6 heteroatoms. The topological polar surface area (TPSA) is 50.8 Å². The predicted molar refractivity (Wildman–Crippen MR) is 109 cm³/mol. The number of fused-ring (bicyclic) bond motifs is 2. The lowest BCUT2D eigenvalue weighted by molar-refractivity contribution is -0.117. The number of carbonyl (C=O) groups is 1. The second-order valence-corrected chi connectivity index (χ2v) is 7.95. The van der Waals surface area contributed by atoms with Crippen molar-refractivity contribution < 1.29 is 14.3 Å². The summed E-state index contributed by atoms with van der Waals surface area (Å²) in [6.07, 6.45) is 0.980. The SMILES string of the molecule is O=C(CN1CCc2sccc2[C@H]1c1ccccc1)Nc1ccc2c(c1)OCO2. The van der Waals surface area contributed by atoms with E-state index in [2.05, 4.69) is 45.9 Å². The molecule has 0 saturated heterocycles. The number of thiophene rings is 1. The predicted octanol–water partition coefficient (Wildman–Crippen LogP) is 4.06. The summed E-state index contributed by atoms with van der Waals surface area (Å²) in [6.45, 7) is 1.42. The standard InChI is InChI=1S/C22H20N2O3S/c25-21(23-16-6-7-18-19(12-16)27-14-26-18)13-24-10-8-20-17(9-11-28-20)22(24)15-4-2-1-3-5-15/h1-7,9,11-12,22H,8,10,13-14H2,(H,23,25)/t22-/m1/s1. The van der Waals surface area contributed by atoms with Crippen molar-refractivity contribution in [3.63, 3.8) is 0 Å². The van der Waals surface area contributed by atoms with Gasteiger partial charge in [-0.2, -0.15) is 0 Å². The molecule has 1 aromatic heterocycles. The van der Waals surface area contributed by atoms with Crippen molar-refractivity contribution in [3.05, 3.63) is 76.0 Å². The Morgan fingerprint density at radius 1 is 1.11 bits per heavy atom. The van der Waals surface area contributed by atoms with Gasteiger partial charge in [0.1, 0.15) is 0 Å². The zero-order valence-corrected chi connectivity index (χ0v) is 16.1. The molecule has 1 atom stereocenters. The minimum Gasteiger partial charge on any atom is -0.454 e. The fourth-order valence-electron chi connectivity index (χ4n) is 3.92. The monoisotopic (exact) mass is 392 g/mol. The van der Waals surface area contributed by atoms with E-state index in [9.17, 15) is 4.79 Å². The highest BCUT2D eigenvalue weighted by Crippen LogP contribution is 2.38. The number of benzene rings is 2. The fourth-order valence-corrected chi connectivity index (χ4v) is 4.83. The third-order valence-electron chi connectivity index (χ3n) is 5.18. The molecule has 0 spiro atoms. The normalized spacial score (nSPS) is 17.9. The summed E-state index contributed by atoms with van der Waals surface area (Å²) in [4.78, 5) is 16.5. The Morgan fingerprint density at radius 2 is 1.96 bits per heavy atom. The van der Waals surface area contributed by atoms with Crippen LogP contribution in [0.25, 0.3) is 0 Å². The van der Waals surface area contributed by atoms with E-state index in [1.165, 1.54) is 16.0 Å². The zero-order valence-electron chi connectivity index (χ0n) is 15.3. The molecular formula is C22H20N2O3S. The van der Waals surface area contributed by atoms with Crippen LogP contribution in [0.4, 0.5) is 5.69 Å². The average molecular weight is 392 g/mol. The van der Waals surface area contributed by atoms with Crippen LogP contribution in [0.3, 0.4) is 0 Å². The summed E-state index contributed by atoms with van der Waals surface area (Å²) in [5, 5.41) is 5.14. The van der Waals surface area contributed by atoms with Gasteiger partial charge in [-0.25, -0.2) is 0 Å². The van der Waals surface area contributed by atoms with Crippen LogP contribution in [0, 0.1) is 0 Å². The van der Waals surface area contributed by atoms with Gasteiger partial charge in [0.2, 0.25) is 12.7 Å². The molecule has 5 rings (SSSR count). The van der Waals surface area contributed by atoms with Crippen LogP contribution in [0.1, 0.15) is 22.0 Å². The lowest BCUT2D eigenvalue weighted by atomic mass is 9.93. The van der Waals surface area contributed by atoms with Crippen molar-refractivity contribution in [2.45, 2.75) is 12.5 Å². The molecule has 2 aromatic carbocycles. The van der Waals surface area contributed by atoms with E-state index in [1.807, 2.05) is 24.3 Å². The average Bonchev–Trinajstić information content (AvgIpc) is 3.37. The third-order valence-corrected chi connectivity index (χ3v) is 6.18. The largest absolute Gasteiger partial charge is 0.454 e. The smallest absolute Gasteiger partial charge is 0.238 e. The van der Waals surface area contributed by atoms with E-state index in [-0.39, 0.29) is 18.7 Å². The van der Waals surface area contributed by atoms with Gasteiger partial charge in [0.05, 0.1) is 12.6 Å². The Labute approximate surface area is 167 Å². The maximum Gasteiger partial charge on any atom is 0.238 e. The van der Waals surface area contributed by atoms with E-state index >= 15 is 0 Å². The molecule has 28 heavy (non-hydrogen) atoms. The van der Waals surface area contributed by atoms with Gasteiger partial charge in [0.25, 0.3) is 0 Å². The third kappa shape index (κ3) is 3.25. The number of anilines is 1. The van der Waals surface area contributed by atoms with Crippen molar-refractivity contribution in [1.82, 2.24) is 4.90 Å². The quantitative estimate of drug-likeness (QED) is 0.727. The maximum atomic E-state index is 12.8. The Kier molecular flexibility index (Phi) is 4.50. The molecular weight excluding hydrogens is 372 g/mol. The molecule has 0 bridgehead atoms. The van der Waals surface area contributed by atoms with Crippen LogP contribution in [0.2, 0.25) is 0 Å². The Morgan fingerprint density at radius 3 is 2.86 bits per heavy atom. The first kappa shape index (κ1) is 17.3. The van der Waals surface area contributed by atoms with E-state index < -0.39 is 0 Å². The maximum absolute atomic E-state index is 12.8. The Balaban J connectivity index is 1.35. The number of amides is 1. The number of hydrogen-bond donors (Lipinski definition) is 1. The van der Waals surface area contributed by atoms with Gasteiger partial charge < -0.3 is 14.8 Å². The molecule has 3 aromatic rings. The highest BCUT2D eigenvalue weighted by molar-refractivity contribution is 7.10. The summed E-state index contributed by atoms with van der Waals surface area (Å²) in [5.74, 6) is 1.35. The van der Waals surface area contributed by atoms with Crippen molar-refractivity contribution >= 4 is 22.9 Å². The Bertz CT molecular complexity index is 1000. The molecule has 1 amide bonds. The van der Waals surface area contributed by atoms with Crippen LogP contribution in [0.5, 0.6) is 11.5 Å².